The third-order valence-electron chi connectivity index (χ3n) is 1.91. The van der Waals surface area contributed by atoms with Gasteiger partial charge in [-0.3, -0.25) is 9.59 Å². The third kappa shape index (κ3) is 5.36. The summed E-state index contributed by atoms with van der Waals surface area (Å²) in [4.78, 5) is 22.2. The second-order valence-corrected chi connectivity index (χ2v) is 3.71. The van der Waals surface area contributed by atoms with Crippen LogP contribution in [0.2, 0.25) is 5.02 Å². The Labute approximate surface area is 104 Å². The highest BCUT2D eigenvalue weighted by Crippen LogP contribution is 2.10. The van der Waals surface area contributed by atoms with Gasteiger partial charge < -0.3 is 9.47 Å². The van der Waals surface area contributed by atoms with Crippen LogP contribution in [0.3, 0.4) is 0 Å². The van der Waals surface area contributed by atoms with Crippen molar-refractivity contribution < 1.29 is 19.1 Å². The van der Waals surface area contributed by atoms with Crippen molar-refractivity contribution in [2.45, 2.75) is 20.0 Å². The molecule has 17 heavy (non-hydrogen) atoms. The van der Waals surface area contributed by atoms with E-state index in [0.29, 0.717) is 5.02 Å². The molecule has 0 amide bonds. The van der Waals surface area contributed by atoms with E-state index in [9.17, 15) is 9.59 Å². The molecule has 0 saturated carbocycles. The molecule has 4 nitrogen and oxygen atoms in total. The minimum atomic E-state index is -0.599. The van der Waals surface area contributed by atoms with E-state index in [1.807, 2.05) is 0 Å². The predicted octanol–water partition coefficient (Wildman–Crippen LogP) is 2.34. The molecule has 0 atom stereocenters. The van der Waals surface area contributed by atoms with Crippen LogP contribution in [0.5, 0.6) is 0 Å². The van der Waals surface area contributed by atoms with Gasteiger partial charge in [0.15, 0.2) is 0 Å². The average Bonchev–Trinajstić information content (AvgIpc) is 2.28. The Balaban J connectivity index is 2.33. The Bertz CT molecular complexity index is 386. The summed E-state index contributed by atoms with van der Waals surface area (Å²) in [7, 11) is 0. The highest BCUT2D eigenvalue weighted by atomic mass is 35.5. The first-order valence-electron chi connectivity index (χ1n) is 5.17. The summed E-state index contributed by atoms with van der Waals surface area (Å²) >= 11 is 5.71. The molecule has 1 rings (SSSR count). The van der Waals surface area contributed by atoms with Crippen molar-refractivity contribution in [1.82, 2.24) is 0 Å². The number of benzene rings is 1. The van der Waals surface area contributed by atoms with Crippen LogP contribution in [0.1, 0.15) is 18.9 Å². The highest BCUT2D eigenvalue weighted by Gasteiger charge is 2.11. The Hall–Kier alpha value is -1.55. The first-order chi connectivity index (χ1) is 8.11. The molecule has 0 saturated heterocycles. The molecule has 0 aliphatic heterocycles. The quantitative estimate of drug-likeness (QED) is 0.599. The summed E-state index contributed by atoms with van der Waals surface area (Å²) in [6.45, 7) is 2.05. The molecule has 0 bridgehead atoms. The van der Waals surface area contributed by atoms with Crippen LogP contribution in [0.25, 0.3) is 0 Å². The number of hydrogen-bond donors (Lipinski definition) is 0. The normalized spacial score (nSPS) is 9.76. The monoisotopic (exact) mass is 256 g/mol. The van der Waals surface area contributed by atoms with Crippen molar-refractivity contribution in [3.05, 3.63) is 34.9 Å². The fraction of sp³-hybridized carbons (Fsp3) is 0.333. The predicted molar refractivity (Wildman–Crippen MR) is 62.5 cm³/mol. The van der Waals surface area contributed by atoms with Crippen molar-refractivity contribution in [3.63, 3.8) is 0 Å². The van der Waals surface area contributed by atoms with E-state index >= 15 is 0 Å². The maximum Gasteiger partial charge on any atom is 0.317 e. The van der Waals surface area contributed by atoms with Crippen LogP contribution in [0, 0.1) is 0 Å². The van der Waals surface area contributed by atoms with Gasteiger partial charge in [0.2, 0.25) is 0 Å². The number of rotatable bonds is 5. The summed E-state index contributed by atoms with van der Waals surface area (Å²) in [5, 5.41) is 0.617. The van der Waals surface area contributed by atoms with Gasteiger partial charge in [-0.25, -0.2) is 0 Å². The summed E-state index contributed by atoms with van der Waals surface area (Å²) < 4.78 is 9.53. The van der Waals surface area contributed by atoms with Gasteiger partial charge >= 0.3 is 11.9 Å². The maximum atomic E-state index is 11.2. The van der Waals surface area contributed by atoms with E-state index in [0.717, 1.165) is 5.56 Å². The highest BCUT2D eigenvalue weighted by molar-refractivity contribution is 6.30. The number of ether oxygens (including phenoxy) is 2. The molecule has 0 N–H and O–H groups in total. The lowest BCUT2D eigenvalue weighted by Crippen LogP contribution is -2.13. The van der Waals surface area contributed by atoms with E-state index < -0.39 is 11.9 Å². The Morgan fingerprint density at radius 1 is 1.12 bits per heavy atom. The van der Waals surface area contributed by atoms with Crippen molar-refractivity contribution in [2.75, 3.05) is 6.61 Å². The molecule has 0 radical (unpaired) electrons. The molecule has 0 unspecified atom stereocenters. The molecular weight excluding hydrogens is 244 g/mol. The van der Waals surface area contributed by atoms with Gasteiger partial charge in [0.1, 0.15) is 13.0 Å². The summed E-state index contributed by atoms with van der Waals surface area (Å²) in [6, 6.07) is 6.91. The van der Waals surface area contributed by atoms with Gasteiger partial charge in [-0.2, -0.15) is 0 Å². The van der Waals surface area contributed by atoms with E-state index in [4.69, 9.17) is 16.3 Å². The Kier molecular flexibility index (Phi) is 5.49. The van der Waals surface area contributed by atoms with Crippen molar-refractivity contribution in [3.8, 4) is 0 Å². The Morgan fingerprint density at radius 2 is 1.71 bits per heavy atom. The molecule has 5 heteroatoms. The zero-order chi connectivity index (χ0) is 12.7. The fourth-order valence-corrected chi connectivity index (χ4v) is 1.25. The smallest absolute Gasteiger partial charge is 0.317 e. The number of carbonyl (C=O) groups excluding carboxylic acids is 2. The third-order valence-corrected chi connectivity index (χ3v) is 2.16. The lowest BCUT2D eigenvalue weighted by atomic mass is 10.2. The molecule has 0 aliphatic rings. The summed E-state index contributed by atoms with van der Waals surface area (Å²) in [6.07, 6.45) is -0.360. The van der Waals surface area contributed by atoms with Crippen LogP contribution < -0.4 is 0 Å². The summed E-state index contributed by atoms with van der Waals surface area (Å²) in [5.74, 6) is -1.17. The van der Waals surface area contributed by atoms with Crippen molar-refractivity contribution in [1.29, 1.82) is 0 Å². The summed E-state index contributed by atoms with van der Waals surface area (Å²) in [5.41, 5.74) is 0.812. The standard InChI is InChI=1S/C12H13ClO4/c1-2-16-11(14)7-12(15)17-8-9-3-5-10(13)6-4-9/h3-6H,2,7-8H2,1H3. The van der Waals surface area contributed by atoms with E-state index in [1.165, 1.54) is 0 Å². The molecule has 0 aliphatic carbocycles. The van der Waals surface area contributed by atoms with Gasteiger partial charge in [0.25, 0.3) is 0 Å². The average molecular weight is 257 g/mol. The first kappa shape index (κ1) is 13.5. The minimum Gasteiger partial charge on any atom is -0.466 e. The second-order valence-electron chi connectivity index (χ2n) is 3.27. The molecule has 0 fully saturated rings. The van der Waals surface area contributed by atoms with Gasteiger partial charge in [0, 0.05) is 5.02 Å². The first-order valence-corrected chi connectivity index (χ1v) is 5.55. The molecular formula is C12H13ClO4. The number of halogens is 1. The van der Waals surface area contributed by atoms with Crippen LogP contribution in [0.15, 0.2) is 24.3 Å². The maximum absolute atomic E-state index is 11.2. The van der Waals surface area contributed by atoms with Crippen molar-refractivity contribution >= 4 is 23.5 Å². The van der Waals surface area contributed by atoms with Crippen LogP contribution in [0.4, 0.5) is 0 Å². The number of esters is 2. The number of carbonyl (C=O) groups is 2. The van der Waals surface area contributed by atoms with Crippen LogP contribution in [-0.4, -0.2) is 18.5 Å². The van der Waals surface area contributed by atoms with Gasteiger partial charge in [-0.05, 0) is 24.6 Å². The topological polar surface area (TPSA) is 52.6 Å². The number of hydrogen-bond acceptors (Lipinski definition) is 4. The van der Waals surface area contributed by atoms with E-state index in [2.05, 4.69) is 4.74 Å². The molecule has 92 valence electrons. The minimum absolute atomic E-state index is 0.120. The van der Waals surface area contributed by atoms with Gasteiger partial charge in [-0.1, -0.05) is 23.7 Å². The fourth-order valence-electron chi connectivity index (χ4n) is 1.13. The molecule has 0 heterocycles. The lowest BCUT2D eigenvalue weighted by Gasteiger charge is -2.04. The molecule has 0 aromatic heterocycles. The van der Waals surface area contributed by atoms with Crippen molar-refractivity contribution in [2.24, 2.45) is 0 Å². The van der Waals surface area contributed by atoms with Gasteiger partial charge in [-0.15, -0.1) is 0 Å². The molecule has 1 aromatic carbocycles. The Morgan fingerprint density at radius 3 is 2.29 bits per heavy atom. The lowest BCUT2D eigenvalue weighted by molar-refractivity contribution is -0.155. The van der Waals surface area contributed by atoms with Crippen LogP contribution in [-0.2, 0) is 25.7 Å². The second kappa shape index (κ2) is 6.91. The van der Waals surface area contributed by atoms with E-state index in [1.54, 1.807) is 31.2 Å². The van der Waals surface area contributed by atoms with Crippen LogP contribution >= 0.6 is 11.6 Å². The van der Waals surface area contributed by atoms with Gasteiger partial charge in [0.05, 0.1) is 6.61 Å². The largest absolute Gasteiger partial charge is 0.466 e. The zero-order valence-electron chi connectivity index (χ0n) is 9.44. The SMILES string of the molecule is CCOC(=O)CC(=O)OCc1ccc(Cl)cc1. The molecule has 0 spiro atoms. The zero-order valence-corrected chi connectivity index (χ0v) is 10.2. The molecule has 1 aromatic rings. The van der Waals surface area contributed by atoms with E-state index in [-0.39, 0.29) is 19.6 Å².